The third kappa shape index (κ3) is 4.96. The number of benzene rings is 4. The van der Waals surface area contributed by atoms with Gasteiger partial charge in [-0.1, -0.05) is 54.6 Å². The van der Waals surface area contributed by atoms with Gasteiger partial charge >= 0.3 is 0 Å². The summed E-state index contributed by atoms with van der Waals surface area (Å²) in [6.07, 6.45) is 0. The molecule has 0 amide bonds. The molecule has 0 aliphatic carbocycles. The summed E-state index contributed by atoms with van der Waals surface area (Å²) >= 11 is 0. The van der Waals surface area contributed by atoms with Gasteiger partial charge in [0.25, 0.3) is 5.56 Å². The first-order chi connectivity index (χ1) is 18.7. The van der Waals surface area contributed by atoms with Gasteiger partial charge in [0, 0.05) is 26.8 Å². The Labute approximate surface area is 228 Å². The van der Waals surface area contributed by atoms with Crippen LogP contribution in [0.1, 0.15) is 18.8 Å². The largest absolute Gasteiger partial charge is 0.378 e. The van der Waals surface area contributed by atoms with Crippen molar-refractivity contribution >= 4 is 26.6 Å². The molecule has 1 unspecified atom stereocenters. The summed E-state index contributed by atoms with van der Waals surface area (Å²) < 4.78 is 30.2. The second-order valence-electron chi connectivity index (χ2n) is 9.63. The number of nitrogens with zero attached hydrogens (tertiary/aromatic N) is 4. The average Bonchev–Trinajstić information content (AvgIpc) is 2.97. The minimum atomic E-state index is -3.90. The van der Waals surface area contributed by atoms with Gasteiger partial charge in [-0.15, -0.1) is 0 Å². The van der Waals surface area contributed by atoms with E-state index in [4.69, 9.17) is 4.98 Å². The van der Waals surface area contributed by atoms with Crippen molar-refractivity contribution in [1.29, 1.82) is 0 Å². The molecule has 0 aliphatic heterocycles. The SMILES string of the molecule is CC(c1nc2ccccc2c(=O)n1-c1ccc(N(C)C)cc1)N(C)S(=O)(=O)c1ccc(-c2ccccc2)cc1. The summed E-state index contributed by atoms with van der Waals surface area (Å²) in [4.78, 5) is 20.7. The lowest BCUT2D eigenvalue weighted by atomic mass is 10.1. The lowest BCUT2D eigenvalue weighted by Crippen LogP contribution is -2.35. The van der Waals surface area contributed by atoms with Crippen LogP contribution < -0.4 is 10.5 Å². The predicted molar refractivity (Wildman–Crippen MR) is 157 cm³/mol. The quantitative estimate of drug-likeness (QED) is 0.274. The van der Waals surface area contributed by atoms with Gasteiger partial charge in [0.2, 0.25) is 10.0 Å². The molecular formula is C31H30N4O3S. The van der Waals surface area contributed by atoms with Crippen molar-refractivity contribution in [2.45, 2.75) is 17.9 Å². The molecule has 4 aromatic carbocycles. The molecule has 1 atom stereocenters. The number of sulfonamides is 1. The van der Waals surface area contributed by atoms with Crippen LogP contribution in [0.25, 0.3) is 27.7 Å². The zero-order chi connectivity index (χ0) is 27.7. The standard InChI is InChI=1S/C31H30N4O3S/c1-22(34(4)39(37,38)27-20-14-24(15-21-27)23-10-6-5-7-11-23)30-32-29-13-9-8-12-28(29)31(36)35(30)26-18-16-25(17-19-26)33(2)3/h5-22H,1-4H3. The lowest BCUT2D eigenvalue weighted by Gasteiger charge is -2.26. The van der Waals surface area contributed by atoms with Crippen LogP contribution in [0, 0.1) is 0 Å². The normalized spacial score (nSPS) is 12.5. The second-order valence-corrected chi connectivity index (χ2v) is 11.6. The molecule has 1 aromatic heterocycles. The van der Waals surface area contributed by atoms with Crippen LogP contribution in [0.3, 0.4) is 0 Å². The van der Waals surface area contributed by atoms with Crippen molar-refractivity contribution in [3.05, 3.63) is 119 Å². The van der Waals surface area contributed by atoms with Crippen LogP contribution in [-0.2, 0) is 10.0 Å². The Hall–Kier alpha value is -4.27. The van der Waals surface area contributed by atoms with Gasteiger partial charge in [0.05, 0.1) is 27.5 Å². The van der Waals surface area contributed by atoms with Gasteiger partial charge in [-0.25, -0.2) is 13.4 Å². The molecule has 1 heterocycles. The number of rotatable bonds is 7. The Kier molecular flexibility index (Phi) is 7.08. The van der Waals surface area contributed by atoms with Gasteiger partial charge in [-0.3, -0.25) is 9.36 Å². The van der Waals surface area contributed by atoms with Crippen LogP contribution in [0.4, 0.5) is 5.69 Å². The highest BCUT2D eigenvalue weighted by Gasteiger charge is 2.30. The van der Waals surface area contributed by atoms with Crippen molar-refractivity contribution in [3.63, 3.8) is 0 Å². The number of hydrogen-bond acceptors (Lipinski definition) is 5. The van der Waals surface area contributed by atoms with Crippen molar-refractivity contribution in [2.24, 2.45) is 0 Å². The van der Waals surface area contributed by atoms with Crippen molar-refractivity contribution in [2.75, 3.05) is 26.0 Å². The van der Waals surface area contributed by atoms with E-state index in [2.05, 4.69) is 0 Å². The molecule has 0 bridgehead atoms. The van der Waals surface area contributed by atoms with E-state index in [1.165, 1.54) is 15.9 Å². The molecule has 8 heteroatoms. The zero-order valence-electron chi connectivity index (χ0n) is 22.3. The predicted octanol–water partition coefficient (Wildman–Crippen LogP) is 5.50. The summed E-state index contributed by atoms with van der Waals surface area (Å²) in [6.45, 7) is 1.75. The van der Waals surface area contributed by atoms with Crippen molar-refractivity contribution in [3.8, 4) is 16.8 Å². The first-order valence-corrected chi connectivity index (χ1v) is 14.1. The van der Waals surface area contributed by atoms with E-state index < -0.39 is 16.1 Å². The fraction of sp³-hybridized carbons (Fsp3) is 0.161. The first kappa shape index (κ1) is 26.3. The number of hydrogen-bond donors (Lipinski definition) is 0. The fourth-order valence-electron chi connectivity index (χ4n) is 4.57. The van der Waals surface area contributed by atoms with Crippen LogP contribution >= 0.6 is 0 Å². The van der Waals surface area contributed by atoms with Crippen LogP contribution in [0.2, 0.25) is 0 Å². The number of aromatic nitrogens is 2. The molecule has 5 aromatic rings. The van der Waals surface area contributed by atoms with E-state index in [0.29, 0.717) is 22.4 Å². The molecule has 5 rings (SSSR count). The first-order valence-electron chi connectivity index (χ1n) is 12.6. The molecule has 0 radical (unpaired) electrons. The average molecular weight is 539 g/mol. The van der Waals surface area contributed by atoms with E-state index in [1.807, 2.05) is 79.7 Å². The molecule has 0 N–H and O–H groups in total. The number of anilines is 1. The molecule has 0 saturated heterocycles. The maximum atomic E-state index is 13.7. The Bertz CT molecular complexity index is 1780. The van der Waals surface area contributed by atoms with Crippen molar-refractivity contribution < 1.29 is 8.42 Å². The van der Waals surface area contributed by atoms with Crippen LogP contribution in [0.5, 0.6) is 0 Å². The minimum absolute atomic E-state index is 0.168. The smallest absolute Gasteiger partial charge is 0.266 e. The molecule has 198 valence electrons. The zero-order valence-corrected chi connectivity index (χ0v) is 23.1. The second kappa shape index (κ2) is 10.5. The monoisotopic (exact) mass is 538 g/mol. The maximum absolute atomic E-state index is 13.7. The highest BCUT2D eigenvalue weighted by atomic mass is 32.2. The van der Waals surface area contributed by atoms with Gasteiger partial charge in [-0.05, 0) is 66.6 Å². The highest BCUT2D eigenvalue weighted by molar-refractivity contribution is 7.89. The van der Waals surface area contributed by atoms with Gasteiger partial charge < -0.3 is 4.90 Å². The number of para-hydroxylation sites is 1. The summed E-state index contributed by atoms with van der Waals surface area (Å²) in [5.41, 5.74) is 3.79. The molecule has 0 spiro atoms. The molecule has 0 fully saturated rings. The summed E-state index contributed by atoms with van der Waals surface area (Å²) in [6, 6.07) is 30.5. The molecule has 7 nitrogen and oxygen atoms in total. The molecule has 39 heavy (non-hydrogen) atoms. The summed E-state index contributed by atoms with van der Waals surface area (Å²) in [5, 5.41) is 0.465. The fourth-order valence-corrected chi connectivity index (χ4v) is 5.89. The highest BCUT2D eigenvalue weighted by Crippen LogP contribution is 2.29. The van der Waals surface area contributed by atoms with Gasteiger partial charge in [-0.2, -0.15) is 4.31 Å². The van der Waals surface area contributed by atoms with E-state index >= 15 is 0 Å². The third-order valence-corrected chi connectivity index (χ3v) is 8.93. The Morgan fingerprint density at radius 1 is 0.744 bits per heavy atom. The summed E-state index contributed by atoms with van der Waals surface area (Å²) in [5.74, 6) is 0.336. The van der Waals surface area contributed by atoms with Gasteiger partial charge in [0.1, 0.15) is 5.82 Å². The topological polar surface area (TPSA) is 75.5 Å². The van der Waals surface area contributed by atoms with E-state index in [1.54, 1.807) is 49.4 Å². The Balaban J connectivity index is 1.58. The number of fused-ring (bicyclic) bond motifs is 1. The van der Waals surface area contributed by atoms with Gasteiger partial charge in [0.15, 0.2) is 0 Å². The third-order valence-electron chi connectivity index (χ3n) is 6.98. The van der Waals surface area contributed by atoms with Crippen molar-refractivity contribution in [1.82, 2.24) is 13.9 Å². The minimum Gasteiger partial charge on any atom is -0.378 e. The molecule has 0 saturated carbocycles. The molecular weight excluding hydrogens is 508 g/mol. The van der Waals surface area contributed by atoms with Crippen LogP contribution in [0.15, 0.2) is 113 Å². The van der Waals surface area contributed by atoms with Crippen LogP contribution in [-0.4, -0.2) is 43.4 Å². The van der Waals surface area contributed by atoms with E-state index in [-0.39, 0.29) is 10.5 Å². The van der Waals surface area contributed by atoms with E-state index in [0.717, 1.165) is 16.8 Å². The maximum Gasteiger partial charge on any atom is 0.266 e. The summed E-state index contributed by atoms with van der Waals surface area (Å²) in [7, 11) is 1.51. The van der Waals surface area contributed by atoms with E-state index in [9.17, 15) is 13.2 Å². The molecule has 0 aliphatic rings. The Morgan fingerprint density at radius 2 is 1.33 bits per heavy atom. The lowest BCUT2D eigenvalue weighted by molar-refractivity contribution is 0.379. The Morgan fingerprint density at radius 3 is 1.97 bits per heavy atom.